The van der Waals surface area contributed by atoms with Gasteiger partial charge in [0.2, 0.25) is 11.9 Å². The molecule has 0 spiro atoms. The van der Waals surface area contributed by atoms with Crippen molar-refractivity contribution in [1.29, 1.82) is 0 Å². The Bertz CT molecular complexity index is 744. The number of halogens is 1. The highest BCUT2D eigenvalue weighted by Crippen LogP contribution is 2.26. The molecule has 1 fully saturated rings. The number of amides is 1. The van der Waals surface area contributed by atoms with Crippen LogP contribution in [0.1, 0.15) is 30.1 Å². The van der Waals surface area contributed by atoms with Crippen molar-refractivity contribution in [3.05, 3.63) is 40.9 Å². The molecule has 0 bridgehead atoms. The molecule has 0 radical (unpaired) electrons. The van der Waals surface area contributed by atoms with Crippen LogP contribution in [0.4, 0.5) is 5.95 Å². The highest BCUT2D eigenvalue weighted by molar-refractivity contribution is 6.29. The monoisotopic (exact) mass is 346 g/mol. The van der Waals surface area contributed by atoms with E-state index < -0.39 is 0 Å². The Hall–Kier alpha value is -2.41. The summed E-state index contributed by atoms with van der Waals surface area (Å²) in [4.78, 5) is 22.3. The molecule has 8 heteroatoms. The maximum absolute atomic E-state index is 12.3. The fraction of sp³-hybridized carbons (Fsp3) is 0.375. The van der Waals surface area contributed by atoms with Crippen molar-refractivity contribution in [2.24, 2.45) is 7.05 Å². The zero-order valence-corrected chi connectivity index (χ0v) is 14.1. The molecule has 0 aliphatic carbocycles. The molecule has 0 atom stereocenters. The molecule has 126 valence electrons. The third-order valence-electron chi connectivity index (χ3n) is 4.15. The van der Waals surface area contributed by atoms with E-state index >= 15 is 0 Å². The van der Waals surface area contributed by atoms with Gasteiger partial charge in [-0.25, -0.2) is 9.67 Å². The number of aromatic nitrogens is 4. The number of nitrogen functional groups attached to an aromatic ring is 1. The Morgan fingerprint density at radius 1 is 1.42 bits per heavy atom. The van der Waals surface area contributed by atoms with Crippen LogP contribution in [0, 0.1) is 0 Å². The first-order valence-corrected chi connectivity index (χ1v) is 8.15. The molecular weight excluding hydrogens is 328 g/mol. The van der Waals surface area contributed by atoms with Crippen molar-refractivity contribution in [2.75, 3.05) is 18.8 Å². The fourth-order valence-electron chi connectivity index (χ4n) is 2.74. The van der Waals surface area contributed by atoms with Crippen molar-refractivity contribution < 1.29 is 4.79 Å². The molecule has 1 aliphatic heterocycles. The topological polar surface area (TPSA) is 89.9 Å². The smallest absolute Gasteiger partial charge is 0.246 e. The molecule has 0 saturated carbocycles. The molecular formula is C16H19ClN6O. The average Bonchev–Trinajstić information content (AvgIpc) is 2.92. The van der Waals surface area contributed by atoms with Crippen molar-refractivity contribution in [2.45, 2.75) is 18.8 Å². The predicted octanol–water partition coefficient (Wildman–Crippen LogP) is 1.87. The average molecular weight is 347 g/mol. The van der Waals surface area contributed by atoms with E-state index in [9.17, 15) is 4.79 Å². The molecule has 2 aromatic rings. The molecule has 2 aromatic heterocycles. The molecule has 1 amide bonds. The van der Waals surface area contributed by atoms with Crippen LogP contribution in [0.3, 0.4) is 0 Å². The van der Waals surface area contributed by atoms with Crippen LogP contribution in [0.2, 0.25) is 5.15 Å². The van der Waals surface area contributed by atoms with E-state index in [4.69, 9.17) is 17.3 Å². The molecule has 0 aromatic carbocycles. The molecule has 1 aliphatic rings. The van der Waals surface area contributed by atoms with Crippen LogP contribution in [0.5, 0.6) is 0 Å². The van der Waals surface area contributed by atoms with E-state index in [0.29, 0.717) is 24.2 Å². The molecule has 3 rings (SSSR count). The Balaban J connectivity index is 1.57. The second-order valence-corrected chi connectivity index (χ2v) is 6.18. The van der Waals surface area contributed by atoms with Crippen molar-refractivity contribution >= 4 is 29.5 Å². The van der Waals surface area contributed by atoms with E-state index in [1.807, 2.05) is 4.90 Å². The number of aryl methyl sites for hydroxylation is 1. The van der Waals surface area contributed by atoms with E-state index in [-0.39, 0.29) is 11.8 Å². The van der Waals surface area contributed by atoms with Gasteiger partial charge in [-0.05, 0) is 36.6 Å². The Kier molecular flexibility index (Phi) is 4.80. The summed E-state index contributed by atoms with van der Waals surface area (Å²) in [5.74, 6) is 1.43. The number of likely N-dealkylation sites (tertiary alicyclic amines) is 1. The van der Waals surface area contributed by atoms with E-state index in [0.717, 1.165) is 24.2 Å². The highest BCUT2D eigenvalue weighted by atomic mass is 35.5. The SMILES string of the molecule is Cn1nc(C2CCN(C(=O)C=Cc3ccnc(Cl)c3)CC2)nc1N. The first-order chi connectivity index (χ1) is 11.5. The lowest BCUT2D eigenvalue weighted by molar-refractivity contribution is -0.127. The van der Waals surface area contributed by atoms with Crippen LogP contribution in [-0.2, 0) is 11.8 Å². The van der Waals surface area contributed by atoms with E-state index in [1.54, 1.807) is 42.2 Å². The molecule has 2 N–H and O–H groups in total. The van der Waals surface area contributed by atoms with Gasteiger partial charge in [-0.15, -0.1) is 0 Å². The summed E-state index contributed by atoms with van der Waals surface area (Å²) in [7, 11) is 1.78. The van der Waals surface area contributed by atoms with Crippen molar-refractivity contribution in [1.82, 2.24) is 24.6 Å². The largest absolute Gasteiger partial charge is 0.368 e. The van der Waals surface area contributed by atoms with Gasteiger partial charge in [0.1, 0.15) is 5.15 Å². The first kappa shape index (κ1) is 16.4. The maximum atomic E-state index is 12.3. The second-order valence-electron chi connectivity index (χ2n) is 5.80. The maximum Gasteiger partial charge on any atom is 0.246 e. The molecule has 3 heterocycles. The van der Waals surface area contributed by atoms with Gasteiger partial charge in [-0.1, -0.05) is 11.6 Å². The van der Waals surface area contributed by atoms with Crippen molar-refractivity contribution in [3.63, 3.8) is 0 Å². The summed E-state index contributed by atoms with van der Waals surface area (Å²) in [5.41, 5.74) is 6.58. The van der Waals surface area contributed by atoms with Crippen LogP contribution in [0.25, 0.3) is 6.08 Å². The van der Waals surface area contributed by atoms with Gasteiger partial charge in [0, 0.05) is 38.3 Å². The van der Waals surface area contributed by atoms with Gasteiger partial charge in [0.25, 0.3) is 0 Å². The lowest BCUT2D eigenvalue weighted by Gasteiger charge is -2.30. The summed E-state index contributed by atoms with van der Waals surface area (Å²) >= 11 is 5.83. The van der Waals surface area contributed by atoms with Crippen LogP contribution >= 0.6 is 11.6 Å². The lowest BCUT2D eigenvalue weighted by atomic mass is 9.96. The zero-order chi connectivity index (χ0) is 17.1. The minimum absolute atomic E-state index is 0.00474. The standard InChI is InChI=1S/C16H19ClN6O/c1-22-16(18)20-15(21-22)12-5-8-23(9-6-12)14(24)3-2-11-4-7-19-13(17)10-11/h2-4,7,10,12H,5-6,8-9H2,1H3,(H2,18,20,21). The Morgan fingerprint density at radius 3 is 2.79 bits per heavy atom. The van der Waals surface area contributed by atoms with Gasteiger partial charge in [-0.3, -0.25) is 4.79 Å². The van der Waals surface area contributed by atoms with Gasteiger partial charge >= 0.3 is 0 Å². The summed E-state index contributed by atoms with van der Waals surface area (Å²) in [6.45, 7) is 1.37. The number of piperidine rings is 1. The molecule has 1 saturated heterocycles. The van der Waals surface area contributed by atoms with E-state index in [1.165, 1.54) is 0 Å². The third kappa shape index (κ3) is 3.73. The number of carbonyl (C=O) groups excluding carboxylic acids is 1. The number of hydrogen-bond acceptors (Lipinski definition) is 5. The van der Waals surface area contributed by atoms with Crippen molar-refractivity contribution in [3.8, 4) is 0 Å². The van der Waals surface area contributed by atoms with E-state index in [2.05, 4.69) is 15.1 Å². The Morgan fingerprint density at radius 2 is 2.17 bits per heavy atom. The minimum Gasteiger partial charge on any atom is -0.368 e. The van der Waals surface area contributed by atoms with Gasteiger partial charge < -0.3 is 10.6 Å². The number of hydrogen-bond donors (Lipinski definition) is 1. The van der Waals surface area contributed by atoms with Gasteiger partial charge in [-0.2, -0.15) is 10.1 Å². The fourth-order valence-corrected chi connectivity index (χ4v) is 2.92. The quantitative estimate of drug-likeness (QED) is 0.676. The minimum atomic E-state index is -0.00474. The third-order valence-corrected chi connectivity index (χ3v) is 4.36. The number of nitrogens with two attached hydrogens (primary N) is 1. The molecule has 0 unspecified atom stereocenters. The number of nitrogens with zero attached hydrogens (tertiary/aromatic N) is 5. The second kappa shape index (κ2) is 7.00. The Labute approximate surface area is 145 Å². The van der Waals surface area contributed by atoms with Gasteiger partial charge in [0.05, 0.1) is 0 Å². The number of pyridine rings is 1. The van der Waals surface area contributed by atoms with Crippen LogP contribution in [-0.4, -0.2) is 43.6 Å². The summed E-state index contributed by atoms with van der Waals surface area (Å²) in [6, 6.07) is 3.52. The summed E-state index contributed by atoms with van der Waals surface area (Å²) < 4.78 is 1.58. The number of anilines is 1. The lowest BCUT2D eigenvalue weighted by Crippen LogP contribution is -2.37. The first-order valence-electron chi connectivity index (χ1n) is 7.78. The summed E-state index contributed by atoms with van der Waals surface area (Å²) in [6.07, 6.45) is 6.61. The van der Waals surface area contributed by atoms with Crippen LogP contribution < -0.4 is 5.73 Å². The highest BCUT2D eigenvalue weighted by Gasteiger charge is 2.25. The normalized spacial score (nSPS) is 16.0. The zero-order valence-electron chi connectivity index (χ0n) is 13.4. The molecule has 7 nitrogen and oxygen atoms in total. The number of carbonyl (C=O) groups is 1. The molecule has 24 heavy (non-hydrogen) atoms. The van der Waals surface area contributed by atoms with Crippen LogP contribution in [0.15, 0.2) is 24.4 Å². The van der Waals surface area contributed by atoms with Gasteiger partial charge in [0.15, 0.2) is 5.82 Å². The predicted molar refractivity (Wildman–Crippen MR) is 92.3 cm³/mol. The number of rotatable bonds is 3. The summed E-state index contributed by atoms with van der Waals surface area (Å²) in [5, 5.41) is 4.74.